The molecule has 1 aromatic heterocycles. The number of hydrogen-bond acceptors (Lipinski definition) is 3. The maximum absolute atomic E-state index is 11.7. The molecular formula is C14H14N2O2. The zero-order valence-corrected chi connectivity index (χ0v) is 9.78. The van der Waals surface area contributed by atoms with Gasteiger partial charge < -0.3 is 10.4 Å². The number of rotatable bonds is 4. The molecule has 1 amide bonds. The number of aliphatic hydroxyl groups is 1. The fourth-order valence-electron chi connectivity index (χ4n) is 1.59. The molecule has 0 bridgehead atoms. The molecule has 0 saturated heterocycles. The zero-order chi connectivity index (χ0) is 12.8. The van der Waals surface area contributed by atoms with Gasteiger partial charge in [0.05, 0.1) is 6.10 Å². The van der Waals surface area contributed by atoms with Crippen LogP contribution in [0.2, 0.25) is 0 Å². The molecule has 4 nitrogen and oxygen atoms in total. The summed E-state index contributed by atoms with van der Waals surface area (Å²) in [5.41, 5.74) is 1.32. The monoisotopic (exact) mass is 242 g/mol. The van der Waals surface area contributed by atoms with Crippen LogP contribution in [0.5, 0.6) is 0 Å². The maximum Gasteiger partial charge on any atom is 0.251 e. The summed E-state index contributed by atoms with van der Waals surface area (Å²) < 4.78 is 0. The Morgan fingerprint density at radius 3 is 2.50 bits per heavy atom. The van der Waals surface area contributed by atoms with Gasteiger partial charge in [-0.3, -0.25) is 9.78 Å². The van der Waals surface area contributed by atoms with Gasteiger partial charge in [0.2, 0.25) is 0 Å². The second-order valence-electron chi connectivity index (χ2n) is 3.87. The Labute approximate surface area is 105 Å². The van der Waals surface area contributed by atoms with Gasteiger partial charge in [0.1, 0.15) is 0 Å². The minimum absolute atomic E-state index is 0.186. The lowest BCUT2D eigenvalue weighted by molar-refractivity contribution is 0.0916. The average Bonchev–Trinajstić information content (AvgIpc) is 2.46. The summed E-state index contributed by atoms with van der Waals surface area (Å²) >= 11 is 0. The summed E-state index contributed by atoms with van der Waals surface area (Å²) in [5, 5.41) is 12.6. The van der Waals surface area contributed by atoms with E-state index in [0.717, 1.165) is 5.56 Å². The van der Waals surface area contributed by atoms with E-state index in [9.17, 15) is 9.90 Å². The van der Waals surface area contributed by atoms with Crippen LogP contribution in [-0.4, -0.2) is 22.5 Å². The summed E-state index contributed by atoms with van der Waals surface area (Å²) in [6, 6.07) is 12.5. The number of nitrogens with zero attached hydrogens (tertiary/aromatic N) is 1. The van der Waals surface area contributed by atoms with Crippen LogP contribution in [0.15, 0.2) is 54.9 Å². The molecule has 2 N–H and O–H groups in total. The average molecular weight is 242 g/mol. The normalized spacial score (nSPS) is 11.8. The van der Waals surface area contributed by atoms with Crippen molar-refractivity contribution in [2.45, 2.75) is 6.10 Å². The smallest absolute Gasteiger partial charge is 0.251 e. The second kappa shape index (κ2) is 5.93. The molecule has 0 unspecified atom stereocenters. The molecule has 0 radical (unpaired) electrons. The highest BCUT2D eigenvalue weighted by atomic mass is 16.3. The van der Waals surface area contributed by atoms with Gasteiger partial charge in [0.15, 0.2) is 0 Å². The molecule has 0 saturated carbocycles. The maximum atomic E-state index is 11.7. The topological polar surface area (TPSA) is 62.2 Å². The van der Waals surface area contributed by atoms with Crippen molar-refractivity contribution in [3.63, 3.8) is 0 Å². The molecule has 2 aromatic rings. The minimum Gasteiger partial charge on any atom is -0.387 e. The summed E-state index contributed by atoms with van der Waals surface area (Å²) in [6.45, 7) is 0.186. The van der Waals surface area contributed by atoms with E-state index in [-0.39, 0.29) is 12.5 Å². The highest BCUT2D eigenvalue weighted by Gasteiger charge is 2.09. The lowest BCUT2D eigenvalue weighted by Crippen LogP contribution is -2.28. The SMILES string of the molecule is O=C(NC[C@@H](O)c1ccccc1)c1ccncc1. The summed E-state index contributed by atoms with van der Waals surface area (Å²) in [4.78, 5) is 15.6. The molecular weight excluding hydrogens is 228 g/mol. The van der Waals surface area contributed by atoms with E-state index in [1.165, 1.54) is 0 Å². The lowest BCUT2D eigenvalue weighted by atomic mass is 10.1. The molecule has 0 spiro atoms. The zero-order valence-electron chi connectivity index (χ0n) is 9.78. The molecule has 1 aromatic carbocycles. The van der Waals surface area contributed by atoms with Gasteiger partial charge in [-0.1, -0.05) is 30.3 Å². The third-order valence-electron chi connectivity index (χ3n) is 2.58. The van der Waals surface area contributed by atoms with Crippen LogP contribution in [-0.2, 0) is 0 Å². The first kappa shape index (κ1) is 12.3. The Balaban J connectivity index is 1.91. The predicted octanol–water partition coefficient (Wildman–Crippen LogP) is 1.55. The molecule has 2 rings (SSSR count). The number of aliphatic hydroxyl groups excluding tert-OH is 1. The van der Waals surface area contributed by atoms with Crippen molar-refractivity contribution >= 4 is 5.91 Å². The largest absolute Gasteiger partial charge is 0.387 e. The van der Waals surface area contributed by atoms with E-state index in [4.69, 9.17) is 0 Å². The number of benzene rings is 1. The van der Waals surface area contributed by atoms with Gasteiger partial charge in [-0.2, -0.15) is 0 Å². The van der Waals surface area contributed by atoms with E-state index < -0.39 is 6.10 Å². The van der Waals surface area contributed by atoms with Gasteiger partial charge in [-0.05, 0) is 17.7 Å². The van der Waals surface area contributed by atoms with E-state index in [2.05, 4.69) is 10.3 Å². The van der Waals surface area contributed by atoms with Crippen molar-refractivity contribution in [2.24, 2.45) is 0 Å². The van der Waals surface area contributed by atoms with Crippen LogP contribution in [0, 0.1) is 0 Å². The fraction of sp³-hybridized carbons (Fsp3) is 0.143. The number of nitrogens with one attached hydrogen (secondary N) is 1. The summed E-state index contributed by atoms with van der Waals surface area (Å²) in [7, 11) is 0. The Morgan fingerprint density at radius 2 is 1.83 bits per heavy atom. The van der Waals surface area contributed by atoms with E-state index in [0.29, 0.717) is 5.56 Å². The number of carbonyl (C=O) groups excluding carboxylic acids is 1. The van der Waals surface area contributed by atoms with Crippen molar-refractivity contribution < 1.29 is 9.90 Å². The van der Waals surface area contributed by atoms with E-state index in [1.54, 1.807) is 24.5 Å². The fourth-order valence-corrected chi connectivity index (χ4v) is 1.59. The lowest BCUT2D eigenvalue weighted by Gasteiger charge is -2.12. The molecule has 0 aliphatic carbocycles. The molecule has 92 valence electrons. The standard InChI is InChI=1S/C14H14N2O2/c17-13(11-4-2-1-3-5-11)10-16-14(18)12-6-8-15-9-7-12/h1-9,13,17H,10H2,(H,16,18)/t13-/m1/s1. The number of aromatic nitrogens is 1. The van der Waals surface area contributed by atoms with Gasteiger partial charge >= 0.3 is 0 Å². The first-order valence-electron chi connectivity index (χ1n) is 5.68. The minimum atomic E-state index is -0.697. The van der Waals surface area contributed by atoms with Crippen LogP contribution in [0.25, 0.3) is 0 Å². The first-order valence-corrected chi connectivity index (χ1v) is 5.68. The molecule has 1 heterocycles. The molecule has 0 fully saturated rings. The van der Waals surface area contributed by atoms with Gasteiger partial charge in [-0.15, -0.1) is 0 Å². The van der Waals surface area contributed by atoms with Crippen LogP contribution < -0.4 is 5.32 Å². The Morgan fingerprint density at radius 1 is 1.17 bits per heavy atom. The number of hydrogen-bond donors (Lipinski definition) is 2. The number of carbonyl (C=O) groups is 1. The predicted molar refractivity (Wildman–Crippen MR) is 68.0 cm³/mol. The van der Waals surface area contributed by atoms with Gasteiger partial charge in [0.25, 0.3) is 5.91 Å². The van der Waals surface area contributed by atoms with Gasteiger partial charge in [-0.25, -0.2) is 0 Å². The third-order valence-corrected chi connectivity index (χ3v) is 2.58. The van der Waals surface area contributed by atoms with Crippen LogP contribution in [0.1, 0.15) is 22.0 Å². The van der Waals surface area contributed by atoms with Crippen molar-refractivity contribution in [2.75, 3.05) is 6.54 Å². The van der Waals surface area contributed by atoms with Crippen LogP contribution in [0.3, 0.4) is 0 Å². The molecule has 4 heteroatoms. The summed E-state index contributed by atoms with van der Waals surface area (Å²) in [5.74, 6) is -0.215. The molecule has 0 aliphatic rings. The first-order chi connectivity index (χ1) is 8.77. The highest BCUT2D eigenvalue weighted by molar-refractivity contribution is 5.93. The molecule has 0 aliphatic heterocycles. The van der Waals surface area contributed by atoms with Crippen LogP contribution >= 0.6 is 0 Å². The number of pyridine rings is 1. The Bertz CT molecular complexity index is 500. The Kier molecular flexibility index (Phi) is 4.04. The Hall–Kier alpha value is -2.20. The molecule has 18 heavy (non-hydrogen) atoms. The van der Waals surface area contributed by atoms with Crippen molar-refractivity contribution in [3.05, 3.63) is 66.0 Å². The van der Waals surface area contributed by atoms with Crippen LogP contribution in [0.4, 0.5) is 0 Å². The van der Waals surface area contributed by atoms with Crippen molar-refractivity contribution in [1.82, 2.24) is 10.3 Å². The molecule has 1 atom stereocenters. The van der Waals surface area contributed by atoms with E-state index in [1.807, 2.05) is 30.3 Å². The van der Waals surface area contributed by atoms with E-state index >= 15 is 0 Å². The quantitative estimate of drug-likeness (QED) is 0.855. The number of amides is 1. The third kappa shape index (κ3) is 3.15. The van der Waals surface area contributed by atoms with Gasteiger partial charge in [0, 0.05) is 24.5 Å². The van der Waals surface area contributed by atoms with Crippen molar-refractivity contribution in [1.29, 1.82) is 0 Å². The second-order valence-corrected chi connectivity index (χ2v) is 3.87. The summed E-state index contributed by atoms with van der Waals surface area (Å²) in [6.07, 6.45) is 2.42. The van der Waals surface area contributed by atoms with Crippen molar-refractivity contribution in [3.8, 4) is 0 Å². The highest BCUT2D eigenvalue weighted by Crippen LogP contribution is 2.10.